The van der Waals surface area contributed by atoms with Crippen LogP contribution >= 0.6 is 0 Å². The van der Waals surface area contributed by atoms with E-state index in [4.69, 9.17) is 9.47 Å². The Morgan fingerprint density at radius 2 is 2.06 bits per heavy atom. The lowest BCUT2D eigenvalue weighted by molar-refractivity contribution is -0.178. The van der Waals surface area contributed by atoms with Gasteiger partial charge in [0.15, 0.2) is 17.3 Å². The van der Waals surface area contributed by atoms with Crippen LogP contribution in [-0.2, 0) is 0 Å². The molecule has 1 unspecified atom stereocenters. The fourth-order valence-corrected chi connectivity index (χ4v) is 1.72. The van der Waals surface area contributed by atoms with E-state index in [0.717, 1.165) is 0 Å². The van der Waals surface area contributed by atoms with Gasteiger partial charge in [-0.2, -0.15) is 0 Å². The summed E-state index contributed by atoms with van der Waals surface area (Å²) < 4.78 is 10.3. The van der Waals surface area contributed by atoms with Gasteiger partial charge in [-0.1, -0.05) is 0 Å². The van der Waals surface area contributed by atoms with Gasteiger partial charge in [0.05, 0.1) is 0 Å². The van der Waals surface area contributed by atoms with Crippen LogP contribution in [0.15, 0.2) is 18.2 Å². The van der Waals surface area contributed by atoms with Crippen LogP contribution in [0.4, 0.5) is 0 Å². The van der Waals surface area contributed by atoms with Gasteiger partial charge in [-0.25, -0.2) is 0 Å². The van der Waals surface area contributed by atoms with Crippen molar-refractivity contribution >= 4 is 21.5 Å². The third-order valence-corrected chi connectivity index (χ3v) is 3.00. The smallest absolute Gasteiger partial charge is 0.310 e. The fourth-order valence-electron chi connectivity index (χ4n) is 1.72. The SMILES string of the molecule is BC1(O)Oc2ccc(C(=O)[C@](B)(C)NC)cc2O1. The molecule has 0 bridgehead atoms. The van der Waals surface area contributed by atoms with Gasteiger partial charge in [0, 0.05) is 11.0 Å². The maximum Gasteiger partial charge on any atom is 0.310 e. The molecule has 0 fully saturated rings. The van der Waals surface area contributed by atoms with Crippen molar-refractivity contribution in [3.8, 4) is 11.5 Å². The first kappa shape index (κ1) is 13.0. The first-order chi connectivity index (χ1) is 8.25. The van der Waals surface area contributed by atoms with Crippen LogP contribution in [-0.4, -0.2) is 44.9 Å². The summed E-state index contributed by atoms with van der Waals surface area (Å²) >= 11 is 0. The molecule has 7 heteroatoms. The van der Waals surface area contributed by atoms with E-state index in [9.17, 15) is 9.90 Å². The van der Waals surface area contributed by atoms with Crippen LogP contribution < -0.4 is 14.8 Å². The number of aliphatic hydroxyl groups is 1. The molecule has 0 spiro atoms. The predicted octanol–water partition coefficient (Wildman–Crippen LogP) is -1.55. The third-order valence-electron chi connectivity index (χ3n) is 3.00. The number of ketones is 1. The van der Waals surface area contributed by atoms with Gasteiger partial charge < -0.3 is 19.9 Å². The molecule has 1 aromatic carbocycles. The van der Waals surface area contributed by atoms with Crippen molar-refractivity contribution in [1.82, 2.24) is 5.32 Å². The molecule has 0 aliphatic carbocycles. The Balaban J connectivity index is 2.32. The molecule has 0 saturated heterocycles. The average molecular weight is 247 g/mol. The normalized spacial score (nSPS) is 24.6. The van der Waals surface area contributed by atoms with E-state index in [1.54, 1.807) is 40.0 Å². The molecule has 18 heavy (non-hydrogen) atoms. The minimum absolute atomic E-state index is 0.0528. The molecule has 1 heterocycles. The summed E-state index contributed by atoms with van der Waals surface area (Å²) in [7, 11) is 4.93. The summed E-state index contributed by atoms with van der Waals surface area (Å²) in [6, 6.07) is 4.86. The van der Waals surface area contributed by atoms with E-state index < -0.39 is 11.3 Å². The van der Waals surface area contributed by atoms with Crippen molar-refractivity contribution in [2.45, 2.75) is 18.2 Å². The second-order valence-electron chi connectivity index (χ2n) is 4.97. The Bertz CT molecular complexity index is 502. The Kier molecular flexibility index (Phi) is 2.91. The molecule has 5 nitrogen and oxygen atoms in total. The van der Waals surface area contributed by atoms with E-state index >= 15 is 0 Å². The largest absolute Gasteiger partial charge is 0.435 e. The quantitative estimate of drug-likeness (QED) is 0.499. The van der Waals surface area contributed by atoms with Gasteiger partial charge in [0.2, 0.25) is 0 Å². The second kappa shape index (κ2) is 4.03. The number of fused-ring (bicyclic) bond motifs is 1. The Labute approximate surface area is 107 Å². The molecule has 2 atom stereocenters. The van der Waals surface area contributed by atoms with Gasteiger partial charge in [-0.15, -0.1) is 0 Å². The monoisotopic (exact) mass is 247 g/mol. The Morgan fingerprint density at radius 1 is 1.44 bits per heavy atom. The molecule has 0 aromatic heterocycles. The zero-order chi connectivity index (χ0) is 13.6. The zero-order valence-electron chi connectivity index (χ0n) is 10.9. The van der Waals surface area contributed by atoms with Gasteiger partial charge in [0.25, 0.3) is 7.85 Å². The van der Waals surface area contributed by atoms with Crippen molar-refractivity contribution in [3.63, 3.8) is 0 Å². The van der Waals surface area contributed by atoms with Crippen molar-refractivity contribution in [2.75, 3.05) is 7.05 Å². The lowest BCUT2D eigenvalue weighted by Crippen LogP contribution is -2.48. The third kappa shape index (κ3) is 2.23. The number of hydrogen-bond acceptors (Lipinski definition) is 5. The number of nitrogens with one attached hydrogen (secondary N) is 1. The summed E-state index contributed by atoms with van der Waals surface area (Å²) in [6.45, 7) is 1.80. The molecular weight excluding hydrogens is 232 g/mol. The highest BCUT2D eigenvalue weighted by molar-refractivity contribution is 6.32. The minimum atomic E-state index is -1.66. The molecule has 2 rings (SSSR count). The average Bonchev–Trinajstić information content (AvgIpc) is 2.60. The Hall–Kier alpha value is -1.46. The predicted molar refractivity (Wildman–Crippen MR) is 71.5 cm³/mol. The van der Waals surface area contributed by atoms with Crippen LogP contribution in [0.5, 0.6) is 11.5 Å². The zero-order valence-corrected chi connectivity index (χ0v) is 10.9. The summed E-state index contributed by atoms with van der Waals surface area (Å²) in [5.74, 6) is -0.915. The summed E-state index contributed by atoms with van der Waals surface area (Å²) in [5.41, 5.74) is -0.148. The van der Waals surface area contributed by atoms with Crippen molar-refractivity contribution in [1.29, 1.82) is 0 Å². The molecule has 1 aliphatic rings. The first-order valence-electron chi connectivity index (χ1n) is 5.73. The lowest BCUT2D eigenvalue weighted by Gasteiger charge is -2.22. The number of carbonyl (C=O) groups excluding carboxylic acids is 1. The molecule has 0 amide bonds. The number of likely N-dealkylation sites (N-methyl/N-ethyl adjacent to an activating group) is 1. The number of carbonyl (C=O) groups is 1. The van der Waals surface area contributed by atoms with Crippen LogP contribution in [0, 0.1) is 0 Å². The highest BCUT2D eigenvalue weighted by Crippen LogP contribution is 2.38. The number of Topliss-reactive ketones (excluding diaryl/α,β-unsaturated/α-hetero) is 1. The second-order valence-corrected chi connectivity index (χ2v) is 4.97. The highest BCUT2D eigenvalue weighted by Gasteiger charge is 2.35. The van der Waals surface area contributed by atoms with Crippen molar-refractivity contribution < 1.29 is 19.4 Å². The van der Waals surface area contributed by atoms with E-state index in [-0.39, 0.29) is 5.78 Å². The molecule has 0 radical (unpaired) electrons. The maximum atomic E-state index is 12.2. The first-order valence-corrected chi connectivity index (χ1v) is 5.73. The van der Waals surface area contributed by atoms with Crippen LogP contribution in [0.1, 0.15) is 17.3 Å². The molecule has 1 aliphatic heterocycles. The standard InChI is InChI=1S/C11H15B2NO4/c1-10(12,14-2)9(15)6-3-4-7-8(5-6)18-11(13,16)17-7/h3-5,14,16H,12-13H2,1-2H3/t10-,11?/m0/s1. The van der Waals surface area contributed by atoms with Crippen LogP contribution in [0.25, 0.3) is 0 Å². The molecule has 0 saturated carbocycles. The van der Waals surface area contributed by atoms with Crippen LogP contribution in [0.3, 0.4) is 0 Å². The topological polar surface area (TPSA) is 67.8 Å². The molecular formula is C11H15B2NO4. The number of hydrogen-bond donors (Lipinski definition) is 2. The van der Waals surface area contributed by atoms with E-state index in [1.807, 2.05) is 0 Å². The van der Waals surface area contributed by atoms with Gasteiger partial charge in [0.1, 0.15) is 7.85 Å². The van der Waals surface area contributed by atoms with Crippen molar-refractivity contribution in [2.24, 2.45) is 0 Å². The summed E-state index contributed by atoms with van der Waals surface area (Å²) in [4.78, 5) is 12.2. The summed E-state index contributed by atoms with van der Waals surface area (Å²) in [6.07, 6.45) is 0. The lowest BCUT2D eigenvalue weighted by atomic mass is 9.74. The maximum absolute atomic E-state index is 12.2. The van der Waals surface area contributed by atoms with E-state index in [0.29, 0.717) is 17.1 Å². The van der Waals surface area contributed by atoms with Gasteiger partial charge in [-0.3, -0.25) is 4.79 Å². The van der Waals surface area contributed by atoms with E-state index in [2.05, 4.69) is 5.32 Å². The fraction of sp³-hybridized carbons (Fsp3) is 0.364. The minimum Gasteiger partial charge on any atom is -0.435 e. The highest BCUT2D eigenvalue weighted by atomic mass is 16.8. The van der Waals surface area contributed by atoms with Gasteiger partial charge in [-0.05, 0) is 32.2 Å². The molecule has 2 N–H and O–H groups in total. The number of rotatable bonds is 3. The number of benzene rings is 1. The summed E-state index contributed by atoms with van der Waals surface area (Å²) in [5, 5.41) is 12.6. The Morgan fingerprint density at radius 3 is 2.67 bits per heavy atom. The number of ether oxygens (including phenoxy) is 2. The van der Waals surface area contributed by atoms with Gasteiger partial charge >= 0.3 is 5.87 Å². The molecule has 1 aromatic rings. The van der Waals surface area contributed by atoms with E-state index in [1.165, 1.54) is 7.85 Å². The molecule has 94 valence electrons. The van der Waals surface area contributed by atoms with Crippen molar-refractivity contribution in [3.05, 3.63) is 23.8 Å². The van der Waals surface area contributed by atoms with Crippen LogP contribution in [0.2, 0.25) is 0 Å².